The van der Waals surface area contributed by atoms with E-state index in [0.717, 1.165) is 28.6 Å². The monoisotopic (exact) mass is 370 g/mol. The molecule has 0 spiro atoms. The molecule has 1 amide bonds. The van der Waals surface area contributed by atoms with Crippen LogP contribution in [0.1, 0.15) is 10.4 Å². The Labute approximate surface area is 144 Å². The molecule has 0 aromatic heterocycles. The molecule has 9 heteroatoms. The van der Waals surface area contributed by atoms with Crippen LogP contribution in [0.4, 0.5) is 14.5 Å². The Bertz CT molecular complexity index is 894. The van der Waals surface area contributed by atoms with E-state index in [9.17, 15) is 22.0 Å². The Kier molecular flexibility index (Phi) is 5.39. The number of hydrogen-bond acceptors (Lipinski definition) is 4. The van der Waals surface area contributed by atoms with Crippen molar-refractivity contribution in [3.8, 4) is 5.75 Å². The molecule has 134 valence electrons. The third kappa shape index (κ3) is 3.77. The lowest BCUT2D eigenvalue weighted by molar-refractivity contribution is 0.102. The Morgan fingerprint density at radius 3 is 2.24 bits per heavy atom. The van der Waals surface area contributed by atoms with Gasteiger partial charge in [0, 0.05) is 19.7 Å². The smallest absolute Gasteiger partial charge is 0.255 e. The number of carbonyl (C=O) groups excluding carboxylic acids is 1. The Morgan fingerprint density at radius 2 is 1.72 bits per heavy atom. The molecule has 0 atom stereocenters. The van der Waals surface area contributed by atoms with Gasteiger partial charge in [0.05, 0.1) is 7.11 Å². The lowest BCUT2D eigenvalue weighted by Crippen LogP contribution is -2.23. The van der Waals surface area contributed by atoms with Crippen LogP contribution in [0, 0.1) is 11.6 Å². The second kappa shape index (κ2) is 7.16. The second-order valence-corrected chi connectivity index (χ2v) is 7.32. The number of carbonyl (C=O) groups is 1. The minimum Gasteiger partial charge on any atom is -0.495 e. The van der Waals surface area contributed by atoms with Crippen molar-refractivity contribution < 1.29 is 26.7 Å². The SMILES string of the molecule is COc1ccc(C(=O)Nc2c(F)cccc2F)cc1S(=O)(=O)N(C)C. The van der Waals surface area contributed by atoms with Crippen molar-refractivity contribution in [1.82, 2.24) is 4.31 Å². The van der Waals surface area contributed by atoms with Crippen molar-refractivity contribution >= 4 is 21.6 Å². The van der Waals surface area contributed by atoms with Crippen molar-refractivity contribution in [2.24, 2.45) is 0 Å². The first-order chi connectivity index (χ1) is 11.7. The number of sulfonamides is 1. The zero-order chi connectivity index (χ0) is 18.8. The fourth-order valence-electron chi connectivity index (χ4n) is 2.02. The molecule has 2 aromatic carbocycles. The van der Waals surface area contributed by atoms with Gasteiger partial charge in [0.25, 0.3) is 5.91 Å². The Hall–Kier alpha value is -2.52. The van der Waals surface area contributed by atoms with E-state index < -0.39 is 33.3 Å². The number of benzene rings is 2. The number of hydrogen-bond donors (Lipinski definition) is 1. The maximum Gasteiger partial charge on any atom is 0.255 e. The third-order valence-corrected chi connectivity index (χ3v) is 5.22. The highest BCUT2D eigenvalue weighted by Crippen LogP contribution is 2.27. The van der Waals surface area contributed by atoms with E-state index in [1.807, 2.05) is 0 Å². The summed E-state index contributed by atoms with van der Waals surface area (Å²) in [6.07, 6.45) is 0. The van der Waals surface area contributed by atoms with Crippen molar-refractivity contribution in [3.63, 3.8) is 0 Å². The molecule has 1 N–H and O–H groups in total. The van der Waals surface area contributed by atoms with E-state index in [1.54, 1.807) is 0 Å². The predicted octanol–water partition coefficient (Wildman–Crippen LogP) is 2.48. The molecule has 0 bridgehead atoms. The summed E-state index contributed by atoms with van der Waals surface area (Å²) in [5.74, 6) is -2.70. The Balaban J connectivity index is 2.45. The summed E-state index contributed by atoms with van der Waals surface area (Å²) < 4.78 is 58.0. The number of anilines is 1. The lowest BCUT2D eigenvalue weighted by Gasteiger charge is -2.15. The zero-order valence-corrected chi connectivity index (χ0v) is 14.5. The van der Waals surface area contributed by atoms with Gasteiger partial charge in [-0.25, -0.2) is 21.5 Å². The minimum atomic E-state index is -3.88. The van der Waals surface area contributed by atoms with Crippen LogP contribution in [-0.4, -0.2) is 39.8 Å². The number of halogens is 2. The van der Waals surface area contributed by atoms with Crippen molar-refractivity contribution in [1.29, 1.82) is 0 Å². The van der Waals surface area contributed by atoms with Crippen LogP contribution in [0.2, 0.25) is 0 Å². The van der Waals surface area contributed by atoms with Crippen molar-refractivity contribution in [3.05, 3.63) is 53.6 Å². The summed E-state index contributed by atoms with van der Waals surface area (Å²) in [6.45, 7) is 0. The van der Waals surface area contributed by atoms with E-state index in [4.69, 9.17) is 4.74 Å². The molecular formula is C16H16F2N2O4S. The van der Waals surface area contributed by atoms with Crippen LogP contribution < -0.4 is 10.1 Å². The van der Waals surface area contributed by atoms with Gasteiger partial charge in [-0.3, -0.25) is 4.79 Å². The number of methoxy groups -OCH3 is 1. The molecule has 2 aromatic rings. The first kappa shape index (κ1) is 18.8. The fourth-order valence-corrected chi connectivity index (χ4v) is 3.09. The Morgan fingerprint density at radius 1 is 1.12 bits per heavy atom. The summed E-state index contributed by atoms with van der Waals surface area (Å²) in [5.41, 5.74) is -0.704. The number of amides is 1. The second-order valence-electron chi connectivity index (χ2n) is 5.20. The van der Waals surface area contributed by atoms with Gasteiger partial charge in [-0.1, -0.05) is 6.07 Å². The van der Waals surface area contributed by atoms with Gasteiger partial charge in [-0.15, -0.1) is 0 Å². The summed E-state index contributed by atoms with van der Waals surface area (Å²) in [7, 11) is 0.0647. The van der Waals surface area contributed by atoms with E-state index in [-0.39, 0.29) is 16.2 Å². The first-order valence-corrected chi connectivity index (χ1v) is 8.48. The van der Waals surface area contributed by atoms with Crippen molar-refractivity contribution in [2.75, 3.05) is 26.5 Å². The van der Waals surface area contributed by atoms with Crippen molar-refractivity contribution in [2.45, 2.75) is 4.90 Å². The molecule has 2 rings (SSSR count). The molecular weight excluding hydrogens is 354 g/mol. The lowest BCUT2D eigenvalue weighted by atomic mass is 10.2. The van der Waals surface area contributed by atoms with E-state index >= 15 is 0 Å². The number of nitrogens with one attached hydrogen (secondary N) is 1. The predicted molar refractivity (Wildman–Crippen MR) is 88.2 cm³/mol. The number of nitrogens with zero attached hydrogens (tertiary/aromatic N) is 1. The summed E-state index contributed by atoms with van der Waals surface area (Å²) in [5, 5.41) is 2.10. The highest BCUT2D eigenvalue weighted by Gasteiger charge is 2.24. The molecule has 0 fully saturated rings. The van der Waals surface area contributed by atoms with E-state index in [2.05, 4.69) is 5.32 Å². The molecule has 0 aliphatic heterocycles. The average molecular weight is 370 g/mol. The molecule has 0 aliphatic carbocycles. The molecule has 0 saturated carbocycles. The largest absolute Gasteiger partial charge is 0.495 e. The standard InChI is InChI=1S/C16H16F2N2O4S/c1-20(2)25(22,23)14-9-10(7-8-13(14)24-3)16(21)19-15-11(17)5-4-6-12(15)18/h4-9H,1-3H3,(H,19,21). The fraction of sp³-hybridized carbons (Fsp3) is 0.188. The number of rotatable bonds is 5. The third-order valence-electron chi connectivity index (χ3n) is 3.39. The summed E-state index contributed by atoms with van der Waals surface area (Å²) in [4.78, 5) is 12.0. The summed E-state index contributed by atoms with van der Waals surface area (Å²) in [6, 6.07) is 6.83. The van der Waals surface area contributed by atoms with Gasteiger partial charge < -0.3 is 10.1 Å². The van der Waals surface area contributed by atoms with Gasteiger partial charge in [-0.2, -0.15) is 0 Å². The van der Waals surface area contributed by atoms with Gasteiger partial charge >= 0.3 is 0 Å². The average Bonchev–Trinajstić information content (AvgIpc) is 2.57. The highest BCUT2D eigenvalue weighted by atomic mass is 32.2. The molecule has 0 unspecified atom stereocenters. The summed E-state index contributed by atoms with van der Waals surface area (Å²) >= 11 is 0. The first-order valence-electron chi connectivity index (χ1n) is 7.04. The van der Waals surface area contributed by atoms with Gasteiger partial charge in [0.2, 0.25) is 10.0 Å². The normalized spacial score (nSPS) is 11.4. The van der Waals surface area contributed by atoms with Gasteiger partial charge in [0.15, 0.2) is 0 Å². The van der Waals surface area contributed by atoms with E-state index in [1.165, 1.54) is 33.3 Å². The van der Waals surface area contributed by atoms with Crippen LogP contribution in [0.25, 0.3) is 0 Å². The molecule has 0 heterocycles. The molecule has 0 saturated heterocycles. The zero-order valence-electron chi connectivity index (χ0n) is 13.7. The van der Waals surface area contributed by atoms with Crippen LogP contribution in [-0.2, 0) is 10.0 Å². The molecule has 0 aliphatic rings. The molecule has 25 heavy (non-hydrogen) atoms. The molecule has 6 nitrogen and oxygen atoms in total. The van der Waals surface area contributed by atoms with Gasteiger partial charge in [0.1, 0.15) is 28.0 Å². The highest BCUT2D eigenvalue weighted by molar-refractivity contribution is 7.89. The molecule has 0 radical (unpaired) electrons. The number of ether oxygens (including phenoxy) is 1. The maximum absolute atomic E-state index is 13.6. The quantitative estimate of drug-likeness (QED) is 0.877. The minimum absolute atomic E-state index is 0.0438. The van der Waals surface area contributed by atoms with Gasteiger partial charge in [-0.05, 0) is 30.3 Å². The van der Waals surface area contributed by atoms with Crippen LogP contribution in [0.3, 0.4) is 0 Å². The van der Waals surface area contributed by atoms with Crippen LogP contribution >= 0.6 is 0 Å². The maximum atomic E-state index is 13.6. The van der Waals surface area contributed by atoms with Crippen LogP contribution in [0.5, 0.6) is 5.75 Å². The number of para-hydroxylation sites is 1. The van der Waals surface area contributed by atoms with E-state index in [0.29, 0.717) is 0 Å². The topological polar surface area (TPSA) is 75.7 Å². The van der Waals surface area contributed by atoms with Crippen LogP contribution in [0.15, 0.2) is 41.3 Å².